The van der Waals surface area contributed by atoms with Gasteiger partial charge in [-0.05, 0) is 13.8 Å². The SMILES string of the molecule is CC(C)NC(=O)O[C@@H]1CO[C@H](c2cc(Nc3ncc(C#N)c4nc(COC(F)(F)F)cn34)n[nH]2)[C@H]1F. The van der Waals surface area contributed by atoms with Gasteiger partial charge in [-0.1, -0.05) is 0 Å². The first-order chi connectivity index (χ1) is 17.0. The van der Waals surface area contributed by atoms with E-state index in [2.05, 4.69) is 35.5 Å². The first-order valence-electron chi connectivity index (χ1n) is 10.6. The molecule has 4 rings (SSSR count). The van der Waals surface area contributed by atoms with Gasteiger partial charge >= 0.3 is 12.5 Å². The van der Waals surface area contributed by atoms with Gasteiger partial charge in [0.15, 0.2) is 23.7 Å². The molecular formula is C20H20F4N8O4. The minimum atomic E-state index is -4.85. The van der Waals surface area contributed by atoms with Crippen LogP contribution < -0.4 is 10.6 Å². The van der Waals surface area contributed by atoms with Gasteiger partial charge in [-0.25, -0.2) is 19.2 Å². The summed E-state index contributed by atoms with van der Waals surface area (Å²) in [4.78, 5) is 19.9. The van der Waals surface area contributed by atoms with Gasteiger partial charge in [-0.15, -0.1) is 13.2 Å². The number of hydrogen-bond acceptors (Lipinski definition) is 9. The van der Waals surface area contributed by atoms with Crippen LogP contribution in [-0.2, 0) is 20.8 Å². The molecule has 0 spiro atoms. The third kappa shape index (κ3) is 5.63. The van der Waals surface area contributed by atoms with E-state index in [0.29, 0.717) is 0 Å². The summed E-state index contributed by atoms with van der Waals surface area (Å²) >= 11 is 0. The van der Waals surface area contributed by atoms with Crippen molar-refractivity contribution in [2.75, 3.05) is 11.9 Å². The van der Waals surface area contributed by atoms with E-state index in [4.69, 9.17) is 9.47 Å². The monoisotopic (exact) mass is 512 g/mol. The van der Waals surface area contributed by atoms with Crippen LogP contribution in [0.1, 0.15) is 36.9 Å². The Hall–Kier alpha value is -3.97. The Morgan fingerprint density at radius 1 is 1.44 bits per heavy atom. The number of anilines is 2. The van der Waals surface area contributed by atoms with Crippen LogP contribution in [0, 0.1) is 11.3 Å². The Kier molecular flexibility index (Phi) is 6.95. The predicted octanol–water partition coefficient (Wildman–Crippen LogP) is 3.02. The minimum absolute atomic E-state index is 0.0219. The van der Waals surface area contributed by atoms with Gasteiger partial charge in [0.05, 0.1) is 30.8 Å². The van der Waals surface area contributed by atoms with Crippen LogP contribution in [0.2, 0.25) is 0 Å². The molecule has 16 heteroatoms. The van der Waals surface area contributed by atoms with E-state index >= 15 is 0 Å². The van der Waals surface area contributed by atoms with E-state index in [9.17, 15) is 27.6 Å². The van der Waals surface area contributed by atoms with Crippen molar-refractivity contribution in [3.8, 4) is 6.07 Å². The maximum absolute atomic E-state index is 14.9. The summed E-state index contributed by atoms with van der Waals surface area (Å²) < 4.78 is 67.6. The molecule has 3 N–H and O–H groups in total. The molecule has 1 aliphatic heterocycles. The molecule has 0 unspecified atom stereocenters. The van der Waals surface area contributed by atoms with Crippen molar-refractivity contribution >= 4 is 23.5 Å². The third-order valence-corrected chi connectivity index (χ3v) is 4.94. The summed E-state index contributed by atoms with van der Waals surface area (Å²) in [6.07, 6.45) is -7.06. The number of nitrogens with one attached hydrogen (secondary N) is 3. The number of aromatic amines is 1. The number of carbonyl (C=O) groups excluding carboxylic acids is 1. The molecular weight excluding hydrogens is 492 g/mol. The summed E-state index contributed by atoms with van der Waals surface area (Å²) in [5.41, 5.74) is 0.229. The van der Waals surface area contributed by atoms with E-state index in [1.54, 1.807) is 13.8 Å². The Balaban J connectivity index is 1.49. The van der Waals surface area contributed by atoms with Gasteiger partial charge in [-0.3, -0.25) is 14.2 Å². The second-order valence-electron chi connectivity index (χ2n) is 8.04. The molecule has 3 aromatic rings. The number of carbonyl (C=O) groups is 1. The number of imidazole rings is 1. The first kappa shape index (κ1) is 25.1. The lowest BCUT2D eigenvalue weighted by Gasteiger charge is -2.16. The number of alkyl carbamates (subject to hydrolysis) is 1. The third-order valence-electron chi connectivity index (χ3n) is 4.94. The summed E-state index contributed by atoms with van der Waals surface area (Å²) in [6, 6.07) is 3.12. The number of H-pyrrole nitrogens is 1. The largest absolute Gasteiger partial charge is 0.522 e. The summed E-state index contributed by atoms with van der Waals surface area (Å²) in [6.45, 7) is 2.45. The second-order valence-corrected chi connectivity index (χ2v) is 8.04. The van der Waals surface area contributed by atoms with E-state index in [-0.39, 0.29) is 47.0 Å². The first-order valence-corrected chi connectivity index (χ1v) is 10.6. The van der Waals surface area contributed by atoms with Gasteiger partial charge in [0.1, 0.15) is 17.7 Å². The van der Waals surface area contributed by atoms with E-state index < -0.39 is 37.4 Å². The number of halogens is 4. The molecule has 192 valence electrons. The number of hydrogen-bond donors (Lipinski definition) is 3. The lowest BCUT2D eigenvalue weighted by molar-refractivity contribution is -0.330. The van der Waals surface area contributed by atoms with E-state index in [1.165, 1.54) is 22.9 Å². The molecule has 0 aromatic carbocycles. The van der Waals surface area contributed by atoms with Crippen LogP contribution in [0.5, 0.6) is 0 Å². The molecule has 3 aromatic heterocycles. The number of nitrogens with zero attached hydrogens (tertiary/aromatic N) is 5. The van der Waals surface area contributed by atoms with Crippen molar-refractivity contribution < 1.29 is 36.6 Å². The zero-order valence-electron chi connectivity index (χ0n) is 18.8. The van der Waals surface area contributed by atoms with Gasteiger partial charge in [0.25, 0.3) is 0 Å². The quantitative estimate of drug-likeness (QED) is 0.406. The maximum Gasteiger partial charge on any atom is 0.522 e. The molecule has 0 bridgehead atoms. The summed E-state index contributed by atoms with van der Waals surface area (Å²) in [7, 11) is 0. The van der Waals surface area contributed by atoms with Gasteiger partial charge in [-0.2, -0.15) is 10.4 Å². The summed E-state index contributed by atoms with van der Waals surface area (Å²) in [5.74, 6) is 0.242. The number of ether oxygens (including phenoxy) is 3. The van der Waals surface area contributed by atoms with Crippen LogP contribution in [0.15, 0.2) is 18.5 Å². The molecule has 3 atom stereocenters. The molecule has 1 amide bonds. The van der Waals surface area contributed by atoms with E-state index in [1.807, 2.05) is 6.07 Å². The van der Waals surface area contributed by atoms with Crippen LogP contribution in [0.3, 0.4) is 0 Å². The highest BCUT2D eigenvalue weighted by atomic mass is 19.4. The Morgan fingerprint density at radius 3 is 2.92 bits per heavy atom. The van der Waals surface area contributed by atoms with Crippen molar-refractivity contribution in [2.45, 2.75) is 51.2 Å². The van der Waals surface area contributed by atoms with Crippen LogP contribution in [0.25, 0.3) is 5.65 Å². The zero-order valence-corrected chi connectivity index (χ0v) is 18.8. The lowest BCUT2D eigenvalue weighted by atomic mass is 10.1. The van der Waals surface area contributed by atoms with Crippen molar-refractivity contribution in [3.05, 3.63) is 35.4 Å². The van der Waals surface area contributed by atoms with Crippen molar-refractivity contribution in [3.63, 3.8) is 0 Å². The van der Waals surface area contributed by atoms with Gasteiger partial charge in [0, 0.05) is 18.3 Å². The number of nitriles is 1. The minimum Gasteiger partial charge on any atom is -0.441 e. The highest BCUT2D eigenvalue weighted by molar-refractivity contribution is 5.67. The molecule has 1 saturated heterocycles. The number of fused-ring (bicyclic) bond motifs is 1. The topological polar surface area (TPSA) is 151 Å². The van der Waals surface area contributed by atoms with Crippen molar-refractivity contribution in [1.82, 2.24) is 29.9 Å². The fourth-order valence-electron chi connectivity index (χ4n) is 3.43. The fraction of sp³-hybridized carbons (Fsp3) is 0.450. The lowest BCUT2D eigenvalue weighted by Crippen LogP contribution is -2.36. The fourth-order valence-corrected chi connectivity index (χ4v) is 3.43. The maximum atomic E-state index is 14.9. The molecule has 1 aliphatic rings. The highest BCUT2D eigenvalue weighted by Crippen LogP contribution is 2.33. The van der Waals surface area contributed by atoms with Crippen molar-refractivity contribution in [2.24, 2.45) is 0 Å². The number of alkyl halides is 4. The van der Waals surface area contributed by atoms with Crippen LogP contribution >= 0.6 is 0 Å². The Labute approximate surface area is 200 Å². The highest BCUT2D eigenvalue weighted by Gasteiger charge is 2.42. The smallest absolute Gasteiger partial charge is 0.441 e. The average molecular weight is 512 g/mol. The zero-order chi connectivity index (χ0) is 26.0. The number of rotatable bonds is 7. The standard InChI is InChI=1S/C20H20F4N8O4/c1-9(2)27-19(33)36-13-8-34-16(15(13)21)12-3-14(31-30-12)29-18-26-5-10(4-25)17-28-11(6-32(17)18)7-35-20(22,23)24/h3,5-6,9,13,15-16H,7-8H2,1-2H3,(H,27,33)(H2,26,29,30,31)/t13-,15+,16-/m1/s1. The average Bonchev–Trinajstić information content (AvgIpc) is 3.51. The molecule has 0 aliphatic carbocycles. The van der Waals surface area contributed by atoms with Crippen LogP contribution in [0.4, 0.5) is 34.1 Å². The Morgan fingerprint density at radius 2 is 2.22 bits per heavy atom. The Bertz CT molecular complexity index is 1280. The van der Waals surface area contributed by atoms with Gasteiger partial charge in [0.2, 0.25) is 5.95 Å². The van der Waals surface area contributed by atoms with Gasteiger partial charge < -0.3 is 20.1 Å². The molecule has 12 nitrogen and oxygen atoms in total. The predicted molar refractivity (Wildman–Crippen MR) is 113 cm³/mol. The van der Waals surface area contributed by atoms with Crippen molar-refractivity contribution in [1.29, 1.82) is 5.26 Å². The number of aromatic nitrogens is 5. The molecule has 1 fully saturated rings. The molecule has 0 saturated carbocycles. The number of amides is 1. The van der Waals surface area contributed by atoms with Crippen LogP contribution in [-0.4, -0.2) is 61.9 Å². The second kappa shape index (κ2) is 9.95. The summed E-state index contributed by atoms with van der Waals surface area (Å²) in [5, 5.41) is 21.3. The molecule has 0 radical (unpaired) electrons. The normalized spacial score (nSPS) is 20.0. The molecule has 4 heterocycles. The van der Waals surface area contributed by atoms with E-state index in [0.717, 1.165) is 0 Å². The molecule has 36 heavy (non-hydrogen) atoms.